The van der Waals surface area contributed by atoms with E-state index in [2.05, 4.69) is 63.3 Å². The van der Waals surface area contributed by atoms with Gasteiger partial charge in [-0.1, -0.05) is 42.0 Å². The highest BCUT2D eigenvalue weighted by molar-refractivity contribution is 5.79. The lowest BCUT2D eigenvalue weighted by Gasteiger charge is -2.17. The van der Waals surface area contributed by atoms with Crippen LogP contribution in [0.5, 0.6) is 0 Å². The van der Waals surface area contributed by atoms with Crippen molar-refractivity contribution in [3.05, 3.63) is 69.8 Å². The molecule has 0 aromatic heterocycles. The third kappa shape index (κ3) is 3.97. The number of hydrogen-bond donors (Lipinski definition) is 1. The average molecular weight is 295 g/mol. The Morgan fingerprint density at radius 1 is 0.955 bits per heavy atom. The molecule has 0 fully saturated rings. The van der Waals surface area contributed by atoms with Crippen molar-refractivity contribution in [3.8, 4) is 0 Å². The molecule has 2 aromatic rings. The summed E-state index contributed by atoms with van der Waals surface area (Å²) in [7, 11) is 0. The summed E-state index contributed by atoms with van der Waals surface area (Å²) in [5.41, 5.74) is 7.20. The van der Waals surface area contributed by atoms with Crippen molar-refractivity contribution in [1.29, 1.82) is 0 Å². The molecule has 0 bridgehead atoms. The zero-order chi connectivity index (χ0) is 16.3. The van der Waals surface area contributed by atoms with Crippen molar-refractivity contribution in [2.75, 3.05) is 0 Å². The maximum Gasteiger partial charge on any atom is 0.224 e. The van der Waals surface area contributed by atoms with E-state index in [-0.39, 0.29) is 11.9 Å². The Kier molecular flexibility index (Phi) is 5.02. The van der Waals surface area contributed by atoms with Crippen LogP contribution in [-0.2, 0) is 11.2 Å². The summed E-state index contributed by atoms with van der Waals surface area (Å²) in [6.07, 6.45) is 0.427. The van der Waals surface area contributed by atoms with Gasteiger partial charge in [-0.15, -0.1) is 0 Å². The molecule has 0 saturated heterocycles. The quantitative estimate of drug-likeness (QED) is 0.893. The largest absolute Gasteiger partial charge is 0.349 e. The van der Waals surface area contributed by atoms with Gasteiger partial charge in [-0.05, 0) is 62.4 Å². The second-order valence-corrected chi connectivity index (χ2v) is 6.24. The first-order valence-corrected chi connectivity index (χ1v) is 7.79. The molecule has 0 heterocycles. The highest BCUT2D eigenvalue weighted by Gasteiger charge is 2.12. The third-order valence-electron chi connectivity index (χ3n) is 4.21. The van der Waals surface area contributed by atoms with Gasteiger partial charge in [-0.25, -0.2) is 0 Å². The van der Waals surface area contributed by atoms with Gasteiger partial charge in [-0.3, -0.25) is 4.79 Å². The number of carbonyl (C=O) groups excluding carboxylic acids is 1. The SMILES string of the molecule is Cc1ccc([C@@H](C)NC(=O)Cc2ccc(C)c(C)c2)c(C)c1. The standard InChI is InChI=1S/C20H25NO/c1-13-6-9-19(16(4)10-13)17(5)21-20(22)12-18-8-7-14(2)15(3)11-18/h6-11,17H,12H2,1-5H3,(H,21,22)/t17-/m1/s1. The van der Waals surface area contributed by atoms with Crippen molar-refractivity contribution in [2.45, 2.75) is 47.1 Å². The summed E-state index contributed by atoms with van der Waals surface area (Å²) in [6, 6.07) is 12.6. The topological polar surface area (TPSA) is 29.1 Å². The van der Waals surface area contributed by atoms with Gasteiger partial charge in [0.25, 0.3) is 0 Å². The second-order valence-electron chi connectivity index (χ2n) is 6.24. The number of amides is 1. The Hall–Kier alpha value is -2.09. The van der Waals surface area contributed by atoms with E-state index in [1.54, 1.807) is 0 Å². The summed E-state index contributed by atoms with van der Waals surface area (Å²) >= 11 is 0. The number of aryl methyl sites for hydroxylation is 4. The van der Waals surface area contributed by atoms with Crippen LogP contribution in [0.25, 0.3) is 0 Å². The predicted molar refractivity (Wildman–Crippen MR) is 92.1 cm³/mol. The summed E-state index contributed by atoms with van der Waals surface area (Å²) in [5, 5.41) is 3.10. The van der Waals surface area contributed by atoms with E-state index in [0.29, 0.717) is 6.42 Å². The fraction of sp³-hybridized carbons (Fsp3) is 0.350. The fourth-order valence-corrected chi connectivity index (χ4v) is 2.78. The Bertz CT molecular complexity index is 688. The molecular weight excluding hydrogens is 270 g/mol. The molecule has 2 heteroatoms. The van der Waals surface area contributed by atoms with E-state index in [1.807, 2.05) is 13.0 Å². The summed E-state index contributed by atoms with van der Waals surface area (Å²) in [4.78, 5) is 12.3. The Balaban J connectivity index is 2.03. The number of benzene rings is 2. The molecule has 0 aliphatic carbocycles. The smallest absolute Gasteiger partial charge is 0.224 e. The molecule has 1 amide bonds. The molecular formula is C20H25NO. The molecule has 0 spiro atoms. The molecule has 2 nitrogen and oxygen atoms in total. The average Bonchev–Trinajstić information content (AvgIpc) is 2.42. The van der Waals surface area contributed by atoms with Gasteiger partial charge < -0.3 is 5.32 Å². The molecule has 2 aromatic carbocycles. The van der Waals surface area contributed by atoms with Gasteiger partial charge >= 0.3 is 0 Å². The predicted octanol–water partition coefficient (Wildman–Crippen LogP) is 4.34. The van der Waals surface area contributed by atoms with E-state index in [4.69, 9.17) is 0 Å². The second kappa shape index (κ2) is 6.78. The molecule has 0 aliphatic rings. The van der Waals surface area contributed by atoms with Gasteiger partial charge in [0, 0.05) is 0 Å². The molecule has 0 saturated carbocycles. The Morgan fingerprint density at radius 2 is 1.68 bits per heavy atom. The normalized spacial score (nSPS) is 12.0. The minimum atomic E-state index is 0.0274. The highest BCUT2D eigenvalue weighted by atomic mass is 16.1. The van der Waals surface area contributed by atoms with Crippen LogP contribution in [-0.4, -0.2) is 5.91 Å². The molecule has 116 valence electrons. The first-order chi connectivity index (χ1) is 10.4. The van der Waals surface area contributed by atoms with Gasteiger partial charge in [0.15, 0.2) is 0 Å². The number of carbonyl (C=O) groups is 1. The summed E-state index contributed by atoms with van der Waals surface area (Å²) < 4.78 is 0. The van der Waals surface area contributed by atoms with Gasteiger partial charge in [0.1, 0.15) is 0 Å². The highest BCUT2D eigenvalue weighted by Crippen LogP contribution is 2.19. The van der Waals surface area contributed by atoms with E-state index >= 15 is 0 Å². The minimum absolute atomic E-state index is 0.0274. The summed E-state index contributed by atoms with van der Waals surface area (Å²) in [5.74, 6) is 0.0655. The number of hydrogen-bond acceptors (Lipinski definition) is 1. The Labute approximate surface area is 133 Å². The Morgan fingerprint density at radius 3 is 2.32 bits per heavy atom. The zero-order valence-electron chi connectivity index (χ0n) is 14.2. The van der Waals surface area contributed by atoms with Gasteiger partial charge in [-0.2, -0.15) is 0 Å². The van der Waals surface area contributed by atoms with Crippen LogP contribution in [0.3, 0.4) is 0 Å². The zero-order valence-corrected chi connectivity index (χ0v) is 14.2. The molecule has 0 unspecified atom stereocenters. The van der Waals surface area contributed by atoms with Crippen LogP contribution < -0.4 is 5.32 Å². The van der Waals surface area contributed by atoms with Crippen molar-refractivity contribution < 1.29 is 4.79 Å². The maximum atomic E-state index is 12.3. The fourth-order valence-electron chi connectivity index (χ4n) is 2.78. The van der Waals surface area contributed by atoms with Crippen LogP contribution in [0.2, 0.25) is 0 Å². The lowest BCUT2D eigenvalue weighted by atomic mass is 9.99. The van der Waals surface area contributed by atoms with Crippen molar-refractivity contribution in [3.63, 3.8) is 0 Å². The van der Waals surface area contributed by atoms with Crippen LogP contribution in [0.15, 0.2) is 36.4 Å². The lowest BCUT2D eigenvalue weighted by Crippen LogP contribution is -2.28. The summed E-state index contributed by atoms with van der Waals surface area (Å²) in [6.45, 7) is 10.4. The minimum Gasteiger partial charge on any atom is -0.349 e. The van der Waals surface area contributed by atoms with Crippen molar-refractivity contribution in [1.82, 2.24) is 5.32 Å². The van der Waals surface area contributed by atoms with Crippen LogP contribution in [0, 0.1) is 27.7 Å². The first kappa shape index (κ1) is 16.3. The third-order valence-corrected chi connectivity index (χ3v) is 4.21. The van der Waals surface area contributed by atoms with E-state index in [1.165, 1.54) is 27.8 Å². The molecule has 1 N–H and O–H groups in total. The van der Waals surface area contributed by atoms with Crippen LogP contribution >= 0.6 is 0 Å². The monoisotopic (exact) mass is 295 g/mol. The maximum absolute atomic E-state index is 12.3. The van der Waals surface area contributed by atoms with Crippen molar-refractivity contribution in [2.24, 2.45) is 0 Å². The van der Waals surface area contributed by atoms with Gasteiger partial charge in [0.2, 0.25) is 5.91 Å². The van der Waals surface area contributed by atoms with E-state index in [9.17, 15) is 4.79 Å². The van der Waals surface area contributed by atoms with E-state index in [0.717, 1.165) is 5.56 Å². The van der Waals surface area contributed by atoms with Crippen LogP contribution in [0.1, 0.15) is 46.3 Å². The molecule has 1 atom stereocenters. The van der Waals surface area contributed by atoms with E-state index < -0.39 is 0 Å². The van der Waals surface area contributed by atoms with Crippen LogP contribution in [0.4, 0.5) is 0 Å². The lowest BCUT2D eigenvalue weighted by molar-refractivity contribution is -0.121. The molecule has 22 heavy (non-hydrogen) atoms. The van der Waals surface area contributed by atoms with Gasteiger partial charge in [0.05, 0.1) is 12.5 Å². The molecule has 0 radical (unpaired) electrons. The molecule has 2 rings (SSSR count). The first-order valence-electron chi connectivity index (χ1n) is 7.79. The molecule has 0 aliphatic heterocycles. The number of nitrogens with one attached hydrogen (secondary N) is 1. The van der Waals surface area contributed by atoms with Crippen molar-refractivity contribution >= 4 is 5.91 Å². The number of rotatable bonds is 4.